The van der Waals surface area contributed by atoms with Gasteiger partial charge in [-0.05, 0) is 25.7 Å². The summed E-state index contributed by atoms with van der Waals surface area (Å²) in [5, 5.41) is 10.6. The summed E-state index contributed by atoms with van der Waals surface area (Å²) in [4.78, 5) is 72.5. The van der Waals surface area contributed by atoms with Gasteiger partial charge in [-0.3, -0.25) is 37.3 Å². The fraction of sp³-hybridized carbons (Fsp3) is 0.945. The van der Waals surface area contributed by atoms with Crippen LogP contribution in [0.25, 0.3) is 0 Å². The smallest absolute Gasteiger partial charge is 0.462 e. The molecule has 2 unspecified atom stereocenters. The highest BCUT2D eigenvalue weighted by Gasteiger charge is 2.30. The Bertz CT molecular complexity index is 1760. The first-order valence-electron chi connectivity index (χ1n) is 38.3. The van der Waals surface area contributed by atoms with Crippen LogP contribution in [-0.4, -0.2) is 96.7 Å². The minimum atomic E-state index is -4.95. The van der Waals surface area contributed by atoms with Crippen molar-refractivity contribution in [1.29, 1.82) is 0 Å². The minimum Gasteiger partial charge on any atom is -0.462 e. The molecule has 546 valence electrons. The highest BCUT2D eigenvalue weighted by molar-refractivity contribution is 7.47. The first-order valence-corrected chi connectivity index (χ1v) is 41.3. The summed E-state index contributed by atoms with van der Waals surface area (Å²) in [5.41, 5.74) is 0. The Morgan fingerprint density at radius 3 is 0.641 bits per heavy atom. The zero-order valence-corrected chi connectivity index (χ0v) is 61.3. The summed E-state index contributed by atoms with van der Waals surface area (Å²) >= 11 is 0. The molecule has 3 N–H and O–H groups in total. The lowest BCUT2D eigenvalue weighted by Crippen LogP contribution is -2.30. The van der Waals surface area contributed by atoms with E-state index in [-0.39, 0.29) is 25.7 Å². The van der Waals surface area contributed by atoms with Gasteiger partial charge < -0.3 is 33.8 Å². The van der Waals surface area contributed by atoms with Crippen LogP contribution in [0.5, 0.6) is 0 Å². The Morgan fingerprint density at radius 2 is 0.435 bits per heavy atom. The predicted molar refractivity (Wildman–Crippen MR) is 372 cm³/mol. The first kappa shape index (κ1) is 90.1. The fourth-order valence-electron chi connectivity index (χ4n) is 11.2. The molecule has 0 radical (unpaired) electrons. The molecule has 0 heterocycles. The molecule has 0 saturated heterocycles. The molecule has 17 nitrogen and oxygen atoms in total. The van der Waals surface area contributed by atoms with Crippen molar-refractivity contribution in [2.24, 2.45) is 0 Å². The van der Waals surface area contributed by atoms with Crippen LogP contribution in [-0.2, 0) is 65.4 Å². The standard InChI is InChI=1S/C73H142O17P2/c1-5-9-13-17-21-24-27-30-32-33-34-35-38-41-44-48-52-56-60-73(78)90-69(64-84-71(76)58-54-50-46-42-39-37-31-28-25-22-18-14-10-6-2)66-88-92(81,82)86-62-67(74)61-85-91(79,80)87-65-68(63-83-70(75)57-53-49-45-20-16-12-8-4)89-72(77)59-55-51-47-43-40-36-29-26-23-19-15-11-7-3/h67-69,74H,5-66H2,1-4H3,(H,79,80)(H,81,82)/t67-,68+,69+/m0/s1. The van der Waals surface area contributed by atoms with Crippen molar-refractivity contribution in [3.05, 3.63) is 0 Å². The molecule has 92 heavy (non-hydrogen) atoms. The number of esters is 4. The summed E-state index contributed by atoms with van der Waals surface area (Å²) in [7, 11) is -9.90. The Labute approximate surface area is 562 Å². The van der Waals surface area contributed by atoms with Crippen LogP contribution in [0.4, 0.5) is 0 Å². The Kier molecular flexibility index (Phi) is 66.2. The Hall–Kier alpha value is -1.94. The van der Waals surface area contributed by atoms with Gasteiger partial charge in [0.05, 0.1) is 26.4 Å². The zero-order chi connectivity index (χ0) is 67.5. The summed E-state index contributed by atoms with van der Waals surface area (Å²) in [6.45, 7) is 4.94. The molecule has 0 aliphatic carbocycles. The van der Waals surface area contributed by atoms with Crippen molar-refractivity contribution in [3.8, 4) is 0 Å². The van der Waals surface area contributed by atoms with E-state index in [0.717, 1.165) is 103 Å². The summed E-state index contributed by atoms with van der Waals surface area (Å²) in [6, 6.07) is 0. The van der Waals surface area contributed by atoms with E-state index < -0.39 is 97.5 Å². The number of aliphatic hydroxyl groups is 1. The predicted octanol–water partition coefficient (Wildman–Crippen LogP) is 21.4. The fourth-order valence-corrected chi connectivity index (χ4v) is 12.8. The number of rotatable bonds is 74. The number of phosphoric acid groups is 2. The molecule has 0 spiro atoms. The third kappa shape index (κ3) is 66.7. The van der Waals surface area contributed by atoms with E-state index >= 15 is 0 Å². The number of unbranched alkanes of at least 4 members (excludes halogenated alkanes) is 48. The van der Waals surface area contributed by atoms with Gasteiger partial charge in [0, 0.05) is 25.7 Å². The molecule has 5 atom stereocenters. The van der Waals surface area contributed by atoms with Crippen molar-refractivity contribution >= 4 is 39.5 Å². The van der Waals surface area contributed by atoms with Crippen LogP contribution in [0.15, 0.2) is 0 Å². The molecular formula is C73H142O17P2. The average molecular weight is 1350 g/mol. The second-order valence-electron chi connectivity index (χ2n) is 26.3. The molecular weight excluding hydrogens is 1210 g/mol. The van der Waals surface area contributed by atoms with Gasteiger partial charge in [-0.15, -0.1) is 0 Å². The van der Waals surface area contributed by atoms with E-state index in [0.29, 0.717) is 25.7 Å². The number of phosphoric ester groups is 2. The van der Waals surface area contributed by atoms with E-state index in [2.05, 4.69) is 27.7 Å². The van der Waals surface area contributed by atoms with E-state index in [9.17, 15) is 43.2 Å². The van der Waals surface area contributed by atoms with Crippen LogP contribution in [0.2, 0.25) is 0 Å². The second-order valence-corrected chi connectivity index (χ2v) is 29.2. The molecule has 0 aliphatic rings. The second kappa shape index (κ2) is 67.6. The molecule has 0 aromatic heterocycles. The number of aliphatic hydroxyl groups excluding tert-OH is 1. The number of hydrogen-bond donors (Lipinski definition) is 3. The molecule has 0 aromatic rings. The summed E-state index contributed by atoms with van der Waals surface area (Å²) in [6.07, 6.45) is 56.9. The Balaban J connectivity index is 5.19. The molecule has 0 fully saturated rings. The number of hydrogen-bond acceptors (Lipinski definition) is 15. The maximum atomic E-state index is 13.1. The number of ether oxygens (including phenoxy) is 4. The molecule has 19 heteroatoms. The lowest BCUT2D eigenvalue weighted by Gasteiger charge is -2.21. The Morgan fingerprint density at radius 1 is 0.261 bits per heavy atom. The van der Waals surface area contributed by atoms with Crippen molar-refractivity contribution in [2.75, 3.05) is 39.6 Å². The third-order valence-electron chi connectivity index (χ3n) is 17.1. The largest absolute Gasteiger partial charge is 0.472 e. The van der Waals surface area contributed by atoms with Gasteiger partial charge >= 0.3 is 39.5 Å². The molecule has 0 aliphatic heterocycles. The monoisotopic (exact) mass is 1350 g/mol. The van der Waals surface area contributed by atoms with Crippen LogP contribution in [0.1, 0.15) is 387 Å². The molecule has 0 bridgehead atoms. The number of carbonyl (C=O) groups excluding carboxylic acids is 4. The molecule has 0 rings (SSSR count). The average Bonchev–Trinajstić information content (AvgIpc) is 2.49. The van der Waals surface area contributed by atoms with E-state index in [4.69, 9.17) is 37.0 Å². The SMILES string of the molecule is CCCCCCCCCCCCCCCCCCCCC(=O)O[C@H](COC(=O)CCCCCCCCCCCCCCCC)COP(=O)(O)OC[C@@H](O)COP(=O)(O)OC[C@@H](COC(=O)CCCCCCCCC)OC(=O)CCCCCCCCCCCCCCC. The number of carbonyl (C=O) groups is 4. The molecule has 0 amide bonds. The van der Waals surface area contributed by atoms with Gasteiger partial charge in [-0.1, -0.05) is 336 Å². The molecule has 0 aromatic carbocycles. The quantitative estimate of drug-likeness (QED) is 0.0222. The van der Waals surface area contributed by atoms with Gasteiger partial charge in [-0.2, -0.15) is 0 Å². The van der Waals surface area contributed by atoms with E-state index in [1.165, 1.54) is 205 Å². The van der Waals surface area contributed by atoms with Crippen molar-refractivity contribution in [3.63, 3.8) is 0 Å². The van der Waals surface area contributed by atoms with Crippen LogP contribution in [0, 0.1) is 0 Å². The third-order valence-corrected chi connectivity index (χ3v) is 19.0. The van der Waals surface area contributed by atoms with Crippen molar-refractivity contribution in [2.45, 2.75) is 406 Å². The lowest BCUT2D eigenvalue weighted by molar-refractivity contribution is -0.161. The lowest BCUT2D eigenvalue weighted by atomic mass is 10.0. The van der Waals surface area contributed by atoms with Gasteiger partial charge in [0.25, 0.3) is 0 Å². The van der Waals surface area contributed by atoms with Gasteiger partial charge in [0.2, 0.25) is 0 Å². The van der Waals surface area contributed by atoms with Gasteiger partial charge in [-0.25, -0.2) is 9.13 Å². The topological polar surface area (TPSA) is 237 Å². The first-order chi connectivity index (χ1) is 44.7. The maximum Gasteiger partial charge on any atom is 0.472 e. The summed E-state index contributed by atoms with van der Waals surface area (Å²) < 4.78 is 68.3. The van der Waals surface area contributed by atoms with Gasteiger partial charge in [0.15, 0.2) is 12.2 Å². The zero-order valence-electron chi connectivity index (χ0n) is 59.5. The summed E-state index contributed by atoms with van der Waals surface area (Å²) in [5.74, 6) is -2.12. The minimum absolute atomic E-state index is 0.108. The van der Waals surface area contributed by atoms with E-state index in [1.807, 2.05) is 0 Å². The van der Waals surface area contributed by atoms with Gasteiger partial charge in [0.1, 0.15) is 19.3 Å². The van der Waals surface area contributed by atoms with Crippen LogP contribution in [0.3, 0.4) is 0 Å². The maximum absolute atomic E-state index is 13.1. The van der Waals surface area contributed by atoms with E-state index in [1.54, 1.807) is 0 Å². The highest BCUT2D eigenvalue weighted by atomic mass is 31.2. The molecule has 0 saturated carbocycles. The van der Waals surface area contributed by atoms with Crippen molar-refractivity contribution in [1.82, 2.24) is 0 Å². The van der Waals surface area contributed by atoms with Crippen LogP contribution < -0.4 is 0 Å². The highest BCUT2D eigenvalue weighted by Crippen LogP contribution is 2.45. The van der Waals surface area contributed by atoms with Crippen molar-refractivity contribution < 1.29 is 80.2 Å². The van der Waals surface area contributed by atoms with Crippen LogP contribution >= 0.6 is 15.6 Å². The normalized spacial score (nSPS) is 13.9.